The summed E-state index contributed by atoms with van der Waals surface area (Å²) in [5, 5.41) is 4.24. The van der Waals surface area contributed by atoms with Gasteiger partial charge in [0.25, 0.3) is 0 Å². The minimum absolute atomic E-state index is 0.00286. The summed E-state index contributed by atoms with van der Waals surface area (Å²) in [5.41, 5.74) is 1.96. The number of carbonyl (C=O) groups is 2. The van der Waals surface area contributed by atoms with Crippen LogP contribution in [0.5, 0.6) is 6.01 Å². The first-order chi connectivity index (χ1) is 13.6. The van der Waals surface area contributed by atoms with E-state index in [2.05, 4.69) is 30.9 Å². The van der Waals surface area contributed by atoms with Gasteiger partial charge in [0, 0.05) is 12.0 Å². The zero-order valence-corrected chi connectivity index (χ0v) is 18.2. The van der Waals surface area contributed by atoms with E-state index in [1.807, 2.05) is 38.1 Å². The Kier molecular flexibility index (Phi) is 7.53. The summed E-state index contributed by atoms with van der Waals surface area (Å²) in [4.78, 5) is 28.7. The lowest BCUT2D eigenvalue weighted by Crippen LogP contribution is -2.16. The molecule has 0 saturated carbocycles. The van der Waals surface area contributed by atoms with Crippen molar-refractivity contribution in [2.45, 2.75) is 59.8 Å². The molecule has 0 amide bonds. The summed E-state index contributed by atoms with van der Waals surface area (Å²) < 4.78 is 11.7. The van der Waals surface area contributed by atoms with Crippen LogP contribution in [-0.4, -0.2) is 39.9 Å². The first-order valence-electron chi connectivity index (χ1n) is 10.0. The van der Waals surface area contributed by atoms with E-state index in [-0.39, 0.29) is 36.8 Å². The number of benzene rings is 1. The second kappa shape index (κ2) is 9.67. The highest BCUT2D eigenvalue weighted by Gasteiger charge is 2.21. The molecule has 1 aromatic carbocycles. The Morgan fingerprint density at radius 1 is 1.10 bits per heavy atom. The molecule has 0 aliphatic heterocycles. The lowest BCUT2D eigenvalue weighted by atomic mass is 9.87. The van der Waals surface area contributed by atoms with Gasteiger partial charge in [0.1, 0.15) is 0 Å². The summed E-state index contributed by atoms with van der Waals surface area (Å²) in [5.74, 6) is -0.0396. The highest BCUT2D eigenvalue weighted by Crippen LogP contribution is 2.26. The third kappa shape index (κ3) is 6.41. The Labute approximate surface area is 172 Å². The second-order valence-corrected chi connectivity index (χ2v) is 8.36. The molecule has 0 saturated heterocycles. The Balaban J connectivity index is 2.30. The van der Waals surface area contributed by atoms with Crippen LogP contribution in [-0.2, 0) is 14.9 Å². The van der Waals surface area contributed by atoms with Gasteiger partial charge in [-0.15, -0.1) is 5.10 Å². The minimum Gasteiger partial charge on any atom is -0.466 e. The molecule has 2 aromatic rings. The molecule has 0 atom stereocenters. The zero-order valence-electron chi connectivity index (χ0n) is 18.2. The fourth-order valence-corrected chi connectivity index (χ4v) is 2.62. The lowest BCUT2D eigenvalue weighted by molar-refractivity contribution is -0.143. The van der Waals surface area contributed by atoms with E-state index in [4.69, 9.17) is 9.47 Å². The van der Waals surface area contributed by atoms with Crippen molar-refractivity contribution < 1.29 is 19.1 Å². The lowest BCUT2D eigenvalue weighted by Gasteiger charge is -2.19. The van der Waals surface area contributed by atoms with Gasteiger partial charge in [0.15, 0.2) is 5.82 Å². The van der Waals surface area contributed by atoms with Crippen molar-refractivity contribution >= 4 is 11.9 Å². The molecule has 0 spiro atoms. The topological polar surface area (TPSA) is 83.3 Å². The molecule has 0 bridgehead atoms. The SMILES string of the molecule is CCOC(=O)CCC(=O)n1nc(OCC(C)C)nc1-c1ccc(C(C)(C)C)cc1. The highest BCUT2D eigenvalue weighted by atomic mass is 16.5. The van der Waals surface area contributed by atoms with Crippen LogP contribution in [0.1, 0.15) is 64.7 Å². The van der Waals surface area contributed by atoms with Gasteiger partial charge in [-0.2, -0.15) is 9.67 Å². The molecule has 0 N–H and O–H groups in total. The number of ether oxygens (including phenoxy) is 2. The molecule has 29 heavy (non-hydrogen) atoms. The van der Waals surface area contributed by atoms with Crippen molar-refractivity contribution in [2.24, 2.45) is 5.92 Å². The fourth-order valence-electron chi connectivity index (χ4n) is 2.62. The van der Waals surface area contributed by atoms with Crippen molar-refractivity contribution in [3.8, 4) is 17.4 Å². The third-order valence-electron chi connectivity index (χ3n) is 4.23. The van der Waals surface area contributed by atoms with Crippen LogP contribution >= 0.6 is 0 Å². The van der Waals surface area contributed by atoms with E-state index in [1.165, 1.54) is 10.2 Å². The number of nitrogens with zero attached hydrogens (tertiary/aromatic N) is 3. The van der Waals surface area contributed by atoms with Crippen molar-refractivity contribution in [3.05, 3.63) is 29.8 Å². The highest BCUT2D eigenvalue weighted by molar-refractivity contribution is 5.85. The van der Waals surface area contributed by atoms with Crippen LogP contribution < -0.4 is 4.74 Å². The molecule has 158 valence electrons. The van der Waals surface area contributed by atoms with Crippen LogP contribution in [0.3, 0.4) is 0 Å². The maximum atomic E-state index is 12.7. The van der Waals surface area contributed by atoms with Crippen LogP contribution in [0.4, 0.5) is 0 Å². The van der Waals surface area contributed by atoms with Gasteiger partial charge < -0.3 is 9.47 Å². The molecule has 0 aliphatic rings. The minimum atomic E-state index is -0.409. The predicted octanol–water partition coefficient (Wildman–Crippen LogP) is 4.26. The first kappa shape index (κ1) is 22.6. The van der Waals surface area contributed by atoms with Gasteiger partial charge in [-0.05, 0) is 23.8 Å². The van der Waals surface area contributed by atoms with Crippen molar-refractivity contribution in [1.29, 1.82) is 0 Å². The van der Waals surface area contributed by atoms with Gasteiger partial charge >= 0.3 is 12.0 Å². The number of aromatic nitrogens is 3. The summed E-state index contributed by atoms with van der Waals surface area (Å²) in [6.45, 7) is 12.9. The molecule has 0 aliphatic carbocycles. The Morgan fingerprint density at radius 2 is 1.76 bits per heavy atom. The first-order valence-corrected chi connectivity index (χ1v) is 10.0. The van der Waals surface area contributed by atoms with Crippen LogP contribution in [0.2, 0.25) is 0 Å². The van der Waals surface area contributed by atoms with Crippen LogP contribution in [0.25, 0.3) is 11.4 Å². The van der Waals surface area contributed by atoms with Gasteiger partial charge in [0.05, 0.1) is 19.6 Å². The standard InChI is InChI=1S/C22H31N3O4/c1-7-28-19(27)13-12-18(26)25-20(23-21(24-25)29-14-15(2)3)16-8-10-17(11-9-16)22(4,5)6/h8-11,15H,7,12-14H2,1-6H3. The Hall–Kier alpha value is -2.70. The summed E-state index contributed by atoms with van der Waals surface area (Å²) >= 11 is 0. The quantitative estimate of drug-likeness (QED) is 0.615. The largest absolute Gasteiger partial charge is 0.466 e. The molecule has 7 nitrogen and oxygen atoms in total. The second-order valence-electron chi connectivity index (χ2n) is 8.36. The maximum Gasteiger partial charge on any atom is 0.336 e. The van der Waals surface area contributed by atoms with Crippen LogP contribution in [0.15, 0.2) is 24.3 Å². The number of carbonyl (C=O) groups excluding carboxylic acids is 2. The number of rotatable bonds is 8. The Bertz CT molecular complexity index is 833. The van der Waals surface area contributed by atoms with Gasteiger partial charge in [-0.25, -0.2) is 0 Å². The molecule has 0 fully saturated rings. The molecule has 1 heterocycles. The summed E-state index contributed by atoms with van der Waals surface area (Å²) in [6.07, 6.45) is -0.0178. The fraction of sp³-hybridized carbons (Fsp3) is 0.545. The van der Waals surface area contributed by atoms with E-state index >= 15 is 0 Å². The number of hydrogen-bond acceptors (Lipinski definition) is 6. The monoisotopic (exact) mass is 401 g/mol. The van der Waals surface area contributed by atoms with Gasteiger partial charge in [-0.3, -0.25) is 9.59 Å². The van der Waals surface area contributed by atoms with Gasteiger partial charge in [-0.1, -0.05) is 58.9 Å². The normalized spacial score (nSPS) is 11.6. The van der Waals surface area contributed by atoms with Crippen LogP contribution in [0, 0.1) is 5.92 Å². The molecule has 0 unspecified atom stereocenters. The van der Waals surface area contributed by atoms with E-state index in [0.29, 0.717) is 18.3 Å². The summed E-state index contributed by atoms with van der Waals surface area (Å²) in [7, 11) is 0. The van der Waals surface area contributed by atoms with E-state index in [9.17, 15) is 9.59 Å². The van der Waals surface area contributed by atoms with Crippen molar-refractivity contribution in [2.75, 3.05) is 13.2 Å². The average Bonchev–Trinajstić information content (AvgIpc) is 3.08. The van der Waals surface area contributed by atoms with E-state index in [0.717, 1.165) is 5.56 Å². The summed E-state index contributed by atoms with van der Waals surface area (Å²) in [6, 6.07) is 8.04. The maximum absolute atomic E-state index is 12.7. The number of esters is 1. The molecule has 0 radical (unpaired) electrons. The predicted molar refractivity (Wildman–Crippen MR) is 111 cm³/mol. The molecular formula is C22H31N3O4. The smallest absolute Gasteiger partial charge is 0.336 e. The van der Waals surface area contributed by atoms with Crippen molar-refractivity contribution in [3.63, 3.8) is 0 Å². The Morgan fingerprint density at radius 3 is 2.31 bits per heavy atom. The third-order valence-corrected chi connectivity index (χ3v) is 4.23. The average molecular weight is 402 g/mol. The van der Waals surface area contributed by atoms with Gasteiger partial charge in [0.2, 0.25) is 5.91 Å². The van der Waals surface area contributed by atoms with E-state index in [1.54, 1.807) is 6.92 Å². The molecule has 2 rings (SSSR count). The molecule has 1 aromatic heterocycles. The molecular weight excluding hydrogens is 370 g/mol. The number of hydrogen-bond donors (Lipinski definition) is 0. The van der Waals surface area contributed by atoms with E-state index < -0.39 is 5.97 Å². The van der Waals surface area contributed by atoms with Crippen molar-refractivity contribution in [1.82, 2.24) is 14.8 Å². The molecule has 7 heteroatoms. The zero-order chi connectivity index (χ0) is 21.6.